The minimum atomic E-state index is -0.667. The largest absolute Gasteiger partial charge is 0.348 e. The van der Waals surface area contributed by atoms with Gasteiger partial charge in [-0.3, -0.25) is 4.79 Å². The summed E-state index contributed by atoms with van der Waals surface area (Å²) in [4.78, 5) is 12.5. The molecule has 3 rings (SSSR count). The van der Waals surface area contributed by atoms with Crippen molar-refractivity contribution in [3.8, 4) is 0 Å². The number of halogens is 1. The van der Waals surface area contributed by atoms with Gasteiger partial charge in [0.05, 0.1) is 11.6 Å². The molecule has 1 fully saturated rings. The van der Waals surface area contributed by atoms with Crippen LogP contribution in [0.3, 0.4) is 0 Å². The third-order valence-electron chi connectivity index (χ3n) is 4.72. The molecule has 0 aliphatic heterocycles. The molecule has 1 amide bonds. The Morgan fingerprint density at radius 1 is 1.30 bits per heavy atom. The molecular weight excluding hydrogens is 272 g/mol. The lowest BCUT2D eigenvalue weighted by Gasteiger charge is -2.33. The van der Waals surface area contributed by atoms with E-state index >= 15 is 0 Å². The van der Waals surface area contributed by atoms with E-state index in [1.54, 1.807) is 0 Å². The van der Waals surface area contributed by atoms with Crippen molar-refractivity contribution in [1.82, 2.24) is 5.32 Å². The van der Waals surface area contributed by atoms with E-state index in [0.717, 1.165) is 49.1 Å². The van der Waals surface area contributed by atoms with Gasteiger partial charge in [0.2, 0.25) is 5.91 Å². The molecular formula is C16H21ClN2O. The van der Waals surface area contributed by atoms with E-state index in [0.29, 0.717) is 0 Å². The molecule has 3 N–H and O–H groups in total. The lowest BCUT2D eigenvalue weighted by atomic mass is 9.81. The van der Waals surface area contributed by atoms with Gasteiger partial charge in [0, 0.05) is 5.02 Å². The van der Waals surface area contributed by atoms with E-state index in [9.17, 15) is 4.79 Å². The Balaban J connectivity index is 1.74. The minimum Gasteiger partial charge on any atom is -0.348 e. The standard InChI is InChI=1S/C16H21ClN2O/c17-13-6-4-5-12-11(13)7-8-14(12)19-15(20)16(18)9-2-1-3-10-16/h4-6,14H,1-3,7-10,18H2,(H,19,20). The topological polar surface area (TPSA) is 55.1 Å². The highest BCUT2D eigenvalue weighted by Gasteiger charge is 2.37. The summed E-state index contributed by atoms with van der Waals surface area (Å²) in [7, 11) is 0. The number of fused-ring (bicyclic) bond motifs is 1. The van der Waals surface area contributed by atoms with E-state index in [-0.39, 0.29) is 11.9 Å². The van der Waals surface area contributed by atoms with Gasteiger partial charge in [-0.15, -0.1) is 0 Å². The average Bonchev–Trinajstić information content (AvgIpc) is 2.84. The lowest BCUT2D eigenvalue weighted by Crippen LogP contribution is -2.55. The van der Waals surface area contributed by atoms with Gasteiger partial charge in [0.15, 0.2) is 0 Å². The normalized spacial score (nSPS) is 24.2. The first-order chi connectivity index (χ1) is 9.60. The van der Waals surface area contributed by atoms with Gasteiger partial charge in [-0.1, -0.05) is 43.0 Å². The Bertz CT molecular complexity index is 523. The highest BCUT2D eigenvalue weighted by Crippen LogP contribution is 2.36. The number of hydrogen-bond donors (Lipinski definition) is 2. The van der Waals surface area contributed by atoms with E-state index < -0.39 is 5.54 Å². The number of carbonyl (C=O) groups is 1. The van der Waals surface area contributed by atoms with Crippen molar-refractivity contribution < 1.29 is 4.79 Å². The molecule has 108 valence electrons. The molecule has 0 spiro atoms. The molecule has 1 atom stereocenters. The SMILES string of the molecule is NC1(C(=O)NC2CCc3c(Cl)cccc32)CCCCC1. The second-order valence-electron chi connectivity index (χ2n) is 6.09. The lowest BCUT2D eigenvalue weighted by molar-refractivity contribution is -0.128. The molecule has 20 heavy (non-hydrogen) atoms. The Morgan fingerprint density at radius 3 is 2.80 bits per heavy atom. The van der Waals surface area contributed by atoms with Crippen LogP contribution in [0.2, 0.25) is 5.02 Å². The molecule has 0 aromatic heterocycles. The predicted molar refractivity (Wildman–Crippen MR) is 80.7 cm³/mol. The van der Waals surface area contributed by atoms with Gasteiger partial charge in [-0.2, -0.15) is 0 Å². The van der Waals surface area contributed by atoms with Gasteiger partial charge in [0.25, 0.3) is 0 Å². The smallest absolute Gasteiger partial charge is 0.240 e. The number of carbonyl (C=O) groups excluding carboxylic acids is 1. The maximum Gasteiger partial charge on any atom is 0.240 e. The molecule has 0 heterocycles. The molecule has 3 nitrogen and oxygen atoms in total. The zero-order chi connectivity index (χ0) is 14.2. The number of rotatable bonds is 2. The molecule has 2 aliphatic carbocycles. The quantitative estimate of drug-likeness (QED) is 0.880. The number of nitrogens with two attached hydrogens (primary N) is 1. The summed E-state index contributed by atoms with van der Waals surface area (Å²) in [6.07, 6.45) is 6.74. The number of hydrogen-bond acceptors (Lipinski definition) is 2. The van der Waals surface area contributed by atoms with Crippen LogP contribution in [-0.4, -0.2) is 11.4 Å². The maximum atomic E-state index is 12.5. The van der Waals surface area contributed by atoms with Crippen LogP contribution in [-0.2, 0) is 11.2 Å². The van der Waals surface area contributed by atoms with Crippen LogP contribution in [0.5, 0.6) is 0 Å². The van der Waals surface area contributed by atoms with Crippen LogP contribution in [0.1, 0.15) is 55.7 Å². The van der Waals surface area contributed by atoms with Crippen molar-refractivity contribution in [2.45, 2.75) is 56.5 Å². The molecule has 1 aromatic carbocycles. The summed E-state index contributed by atoms with van der Waals surface area (Å²) in [6.45, 7) is 0. The molecule has 0 radical (unpaired) electrons. The Labute approximate surface area is 124 Å². The Kier molecular flexibility index (Phi) is 3.74. The fourth-order valence-electron chi connectivity index (χ4n) is 3.47. The van der Waals surface area contributed by atoms with E-state index in [2.05, 4.69) is 11.4 Å². The second kappa shape index (κ2) is 5.38. The first kappa shape index (κ1) is 13.9. The van der Waals surface area contributed by atoms with E-state index in [4.69, 9.17) is 17.3 Å². The van der Waals surface area contributed by atoms with Gasteiger partial charge in [-0.05, 0) is 42.9 Å². The number of benzene rings is 1. The summed E-state index contributed by atoms with van der Waals surface area (Å²) >= 11 is 6.21. The third-order valence-corrected chi connectivity index (χ3v) is 5.07. The first-order valence-corrected chi connectivity index (χ1v) is 7.85. The molecule has 0 bridgehead atoms. The summed E-state index contributed by atoms with van der Waals surface area (Å²) in [5.41, 5.74) is 7.96. The highest BCUT2D eigenvalue weighted by molar-refractivity contribution is 6.31. The third kappa shape index (κ3) is 2.45. The monoisotopic (exact) mass is 292 g/mol. The Hall–Kier alpha value is -1.06. The van der Waals surface area contributed by atoms with Gasteiger partial charge in [0.1, 0.15) is 0 Å². The zero-order valence-electron chi connectivity index (χ0n) is 11.6. The minimum absolute atomic E-state index is 0.00928. The van der Waals surface area contributed by atoms with Crippen LogP contribution in [0.4, 0.5) is 0 Å². The predicted octanol–water partition coefficient (Wildman–Crippen LogP) is 3.11. The van der Waals surface area contributed by atoms with Crippen molar-refractivity contribution in [2.75, 3.05) is 0 Å². The second-order valence-corrected chi connectivity index (χ2v) is 6.50. The fraction of sp³-hybridized carbons (Fsp3) is 0.562. The summed E-state index contributed by atoms with van der Waals surface area (Å²) < 4.78 is 0. The van der Waals surface area contributed by atoms with Crippen LogP contribution in [0, 0.1) is 0 Å². The van der Waals surface area contributed by atoms with Crippen LogP contribution < -0.4 is 11.1 Å². The van der Waals surface area contributed by atoms with E-state index in [1.165, 1.54) is 12.0 Å². The van der Waals surface area contributed by atoms with Gasteiger partial charge >= 0.3 is 0 Å². The van der Waals surface area contributed by atoms with E-state index in [1.807, 2.05) is 12.1 Å². The van der Waals surface area contributed by atoms with Crippen molar-refractivity contribution in [1.29, 1.82) is 0 Å². The Morgan fingerprint density at radius 2 is 2.05 bits per heavy atom. The van der Waals surface area contributed by atoms with Crippen LogP contribution in [0.25, 0.3) is 0 Å². The molecule has 1 unspecified atom stereocenters. The maximum absolute atomic E-state index is 12.5. The molecule has 2 aliphatic rings. The average molecular weight is 293 g/mol. The molecule has 4 heteroatoms. The van der Waals surface area contributed by atoms with Gasteiger partial charge < -0.3 is 11.1 Å². The summed E-state index contributed by atoms with van der Waals surface area (Å²) in [5.74, 6) is 0.00928. The van der Waals surface area contributed by atoms with Crippen molar-refractivity contribution in [3.05, 3.63) is 34.3 Å². The number of amides is 1. The van der Waals surface area contributed by atoms with Crippen LogP contribution >= 0.6 is 11.6 Å². The summed E-state index contributed by atoms with van der Waals surface area (Å²) in [6, 6.07) is 5.99. The molecule has 1 aromatic rings. The van der Waals surface area contributed by atoms with Crippen molar-refractivity contribution in [3.63, 3.8) is 0 Å². The highest BCUT2D eigenvalue weighted by atomic mass is 35.5. The van der Waals surface area contributed by atoms with Gasteiger partial charge in [-0.25, -0.2) is 0 Å². The fourth-order valence-corrected chi connectivity index (χ4v) is 3.75. The molecule has 0 saturated heterocycles. The zero-order valence-corrected chi connectivity index (χ0v) is 12.4. The first-order valence-electron chi connectivity index (χ1n) is 7.47. The van der Waals surface area contributed by atoms with Crippen LogP contribution in [0.15, 0.2) is 18.2 Å². The molecule has 1 saturated carbocycles. The van der Waals surface area contributed by atoms with Crippen molar-refractivity contribution in [2.24, 2.45) is 5.73 Å². The van der Waals surface area contributed by atoms with Crippen molar-refractivity contribution >= 4 is 17.5 Å². The summed E-state index contributed by atoms with van der Waals surface area (Å²) in [5, 5.41) is 3.95. The number of nitrogens with one attached hydrogen (secondary N) is 1.